The van der Waals surface area contributed by atoms with Crippen molar-refractivity contribution in [2.75, 3.05) is 0 Å². The van der Waals surface area contributed by atoms with Crippen molar-refractivity contribution < 1.29 is 14.8 Å². The number of hydrogen-bond donors (Lipinski definition) is 1. The highest BCUT2D eigenvalue weighted by atomic mass is 16.6. The molecular formula is C13H6N2O5. The predicted octanol–water partition coefficient (Wildman–Crippen LogP) is 1.74. The Balaban J connectivity index is 2.11. The maximum atomic E-state index is 11.6. The van der Waals surface area contributed by atoms with Crippen LogP contribution in [0.15, 0.2) is 35.3 Å². The van der Waals surface area contributed by atoms with Gasteiger partial charge < -0.3 is 5.11 Å². The van der Waals surface area contributed by atoms with Crippen LogP contribution < -0.4 is 5.43 Å². The second-order valence-corrected chi connectivity index (χ2v) is 4.21. The van der Waals surface area contributed by atoms with Gasteiger partial charge in [0, 0.05) is 23.9 Å². The summed E-state index contributed by atoms with van der Waals surface area (Å²) < 4.78 is 0. The van der Waals surface area contributed by atoms with E-state index in [1.54, 1.807) is 0 Å². The minimum absolute atomic E-state index is 0.0664. The number of nitro benzene ring substituents is 1. The first kappa shape index (κ1) is 12.0. The summed E-state index contributed by atoms with van der Waals surface area (Å²) in [5, 5.41) is 19.9. The molecule has 0 atom stereocenters. The normalized spacial score (nSPS) is 11.0. The lowest BCUT2D eigenvalue weighted by Crippen LogP contribution is -1.96. The number of rotatable bonds is 3. The third-order valence-electron chi connectivity index (χ3n) is 3.05. The van der Waals surface area contributed by atoms with Gasteiger partial charge in [0.25, 0.3) is 5.69 Å². The number of non-ortho nitro benzene ring substituents is 1. The first-order valence-electron chi connectivity index (χ1n) is 5.56. The van der Waals surface area contributed by atoms with E-state index in [1.165, 1.54) is 24.3 Å². The van der Waals surface area contributed by atoms with Crippen LogP contribution in [0.25, 0.3) is 22.0 Å². The first-order valence-corrected chi connectivity index (χ1v) is 5.56. The van der Waals surface area contributed by atoms with E-state index in [1.807, 2.05) is 0 Å². The number of aromatic carboxylic acids is 1. The lowest BCUT2D eigenvalue weighted by atomic mass is 10.1. The fourth-order valence-corrected chi connectivity index (χ4v) is 2.03. The average Bonchev–Trinajstić information content (AvgIpc) is 3.10. The Bertz CT molecular complexity index is 872. The van der Waals surface area contributed by atoms with Crippen LogP contribution in [0.1, 0.15) is 10.4 Å². The van der Waals surface area contributed by atoms with Crippen molar-refractivity contribution in [1.82, 2.24) is 4.98 Å². The van der Waals surface area contributed by atoms with Gasteiger partial charge in [0.2, 0.25) is 0 Å². The molecule has 1 N–H and O–H groups in total. The van der Waals surface area contributed by atoms with Crippen LogP contribution in [0, 0.1) is 10.1 Å². The van der Waals surface area contributed by atoms with E-state index in [0.717, 1.165) is 6.20 Å². The molecule has 0 saturated heterocycles. The molecule has 0 aliphatic heterocycles. The average molecular weight is 270 g/mol. The van der Waals surface area contributed by atoms with Gasteiger partial charge in [-0.2, -0.15) is 0 Å². The van der Waals surface area contributed by atoms with E-state index in [0.29, 0.717) is 11.3 Å². The molecule has 0 aliphatic rings. The van der Waals surface area contributed by atoms with E-state index < -0.39 is 10.9 Å². The van der Waals surface area contributed by atoms with Crippen molar-refractivity contribution in [1.29, 1.82) is 0 Å². The molecule has 3 aromatic rings. The van der Waals surface area contributed by atoms with Crippen LogP contribution in [0.5, 0.6) is 0 Å². The molecular weight excluding hydrogens is 264 g/mol. The number of nitrogens with zero attached hydrogens (tertiary/aromatic N) is 2. The maximum absolute atomic E-state index is 11.6. The van der Waals surface area contributed by atoms with Crippen molar-refractivity contribution in [3.63, 3.8) is 0 Å². The molecule has 0 fully saturated rings. The fraction of sp³-hybridized carbons (Fsp3) is 0. The molecule has 20 heavy (non-hydrogen) atoms. The number of aromatic nitrogens is 1. The summed E-state index contributed by atoms with van der Waals surface area (Å²) in [5.41, 5.74) is 0.367. The summed E-state index contributed by atoms with van der Waals surface area (Å²) in [6.45, 7) is 0. The number of hydrogen-bond acceptors (Lipinski definition) is 5. The molecule has 7 heteroatoms. The number of fused-ring (bicyclic) bond motifs is 1. The van der Waals surface area contributed by atoms with Crippen LogP contribution in [-0.2, 0) is 0 Å². The molecule has 1 heterocycles. The third-order valence-corrected chi connectivity index (χ3v) is 3.05. The van der Waals surface area contributed by atoms with Gasteiger partial charge in [0.05, 0.1) is 27.0 Å². The minimum atomic E-state index is -1.20. The number of carbonyl (C=O) groups is 1. The number of carboxylic acid groups (broad SMARTS) is 1. The maximum Gasteiger partial charge on any atom is 0.338 e. The third kappa shape index (κ3) is 1.64. The number of carboxylic acids is 1. The molecule has 0 spiro atoms. The summed E-state index contributed by atoms with van der Waals surface area (Å²) in [6, 6.07) is 5.57. The van der Waals surface area contributed by atoms with E-state index in [2.05, 4.69) is 4.98 Å². The lowest BCUT2D eigenvalue weighted by Gasteiger charge is -1.99. The topological polar surface area (TPSA) is 110 Å². The van der Waals surface area contributed by atoms with E-state index in [-0.39, 0.29) is 27.5 Å². The largest absolute Gasteiger partial charge is 0.478 e. The SMILES string of the molecule is O=C(O)c1cnc(-c2ccc([N+](=O)[O-])cc2)c2c(=O)c12. The van der Waals surface area contributed by atoms with Crippen LogP contribution in [0.3, 0.4) is 0 Å². The van der Waals surface area contributed by atoms with E-state index in [9.17, 15) is 19.7 Å². The van der Waals surface area contributed by atoms with Gasteiger partial charge in [-0.3, -0.25) is 19.9 Å². The van der Waals surface area contributed by atoms with Gasteiger partial charge in [-0.1, -0.05) is 0 Å². The van der Waals surface area contributed by atoms with Crippen molar-refractivity contribution in [2.24, 2.45) is 0 Å². The summed E-state index contributed by atoms with van der Waals surface area (Å²) in [5.74, 6) is -1.20. The predicted molar refractivity (Wildman–Crippen MR) is 69.4 cm³/mol. The molecule has 7 nitrogen and oxygen atoms in total. The monoisotopic (exact) mass is 270 g/mol. The molecule has 0 saturated carbocycles. The minimum Gasteiger partial charge on any atom is -0.478 e. The lowest BCUT2D eigenvalue weighted by molar-refractivity contribution is -0.384. The van der Waals surface area contributed by atoms with Gasteiger partial charge in [0.15, 0.2) is 5.43 Å². The highest BCUT2D eigenvalue weighted by Crippen LogP contribution is 2.31. The van der Waals surface area contributed by atoms with Gasteiger partial charge in [-0.05, 0) is 12.1 Å². The van der Waals surface area contributed by atoms with Crippen molar-refractivity contribution in [2.45, 2.75) is 0 Å². The van der Waals surface area contributed by atoms with Crippen LogP contribution >= 0.6 is 0 Å². The second-order valence-electron chi connectivity index (χ2n) is 4.21. The van der Waals surface area contributed by atoms with Crippen LogP contribution in [0.4, 0.5) is 5.69 Å². The fourth-order valence-electron chi connectivity index (χ4n) is 2.03. The van der Waals surface area contributed by atoms with Crippen LogP contribution in [0.2, 0.25) is 0 Å². The molecule has 0 amide bonds. The molecule has 0 aliphatic carbocycles. The Morgan fingerprint density at radius 1 is 1.20 bits per heavy atom. The van der Waals surface area contributed by atoms with Crippen LogP contribution in [-0.4, -0.2) is 21.0 Å². The second kappa shape index (κ2) is 3.95. The Kier molecular flexibility index (Phi) is 2.37. The smallest absolute Gasteiger partial charge is 0.338 e. The standard InChI is InChI=1S/C13H6N2O5/c16-12-9-8(13(17)18)5-14-11(10(9)12)6-1-3-7(4-2-6)15(19)20/h1-5H,(H,17,18). The number of benzene rings is 1. The molecule has 3 rings (SSSR count). The Morgan fingerprint density at radius 3 is 2.40 bits per heavy atom. The Hall–Kier alpha value is -3.09. The number of nitro groups is 1. The molecule has 0 radical (unpaired) electrons. The molecule has 1 aromatic heterocycles. The zero-order valence-electron chi connectivity index (χ0n) is 9.86. The van der Waals surface area contributed by atoms with Crippen molar-refractivity contribution in [3.8, 4) is 11.3 Å². The molecule has 2 aromatic carbocycles. The summed E-state index contributed by atoms with van der Waals surface area (Å²) in [7, 11) is 0. The van der Waals surface area contributed by atoms with E-state index in [4.69, 9.17) is 5.11 Å². The summed E-state index contributed by atoms with van der Waals surface area (Å²) >= 11 is 0. The highest BCUT2D eigenvalue weighted by Gasteiger charge is 2.26. The molecule has 98 valence electrons. The summed E-state index contributed by atoms with van der Waals surface area (Å²) in [6.07, 6.45) is 1.13. The van der Waals surface area contributed by atoms with E-state index >= 15 is 0 Å². The van der Waals surface area contributed by atoms with Gasteiger partial charge >= 0.3 is 5.97 Å². The number of pyridine rings is 1. The first-order chi connectivity index (χ1) is 9.50. The highest BCUT2D eigenvalue weighted by molar-refractivity contribution is 6.15. The zero-order chi connectivity index (χ0) is 14.4. The zero-order valence-corrected chi connectivity index (χ0v) is 9.86. The van der Waals surface area contributed by atoms with Gasteiger partial charge in [-0.25, -0.2) is 4.79 Å². The summed E-state index contributed by atoms with van der Waals surface area (Å²) in [4.78, 5) is 36.5. The quantitative estimate of drug-likeness (QED) is 0.573. The van der Waals surface area contributed by atoms with Crippen molar-refractivity contribution >= 4 is 22.4 Å². The Labute approximate surface area is 110 Å². The Morgan fingerprint density at radius 2 is 1.85 bits per heavy atom. The molecule has 0 bridgehead atoms. The van der Waals surface area contributed by atoms with Gasteiger partial charge in [0.1, 0.15) is 0 Å². The van der Waals surface area contributed by atoms with Crippen molar-refractivity contribution in [3.05, 3.63) is 56.4 Å². The van der Waals surface area contributed by atoms with Gasteiger partial charge in [-0.15, -0.1) is 0 Å². The molecule has 0 unspecified atom stereocenters.